The lowest BCUT2D eigenvalue weighted by Gasteiger charge is -2.17. The van der Waals surface area contributed by atoms with Crippen LogP contribution in [0.25, 0.3) is 0 Å². The summed E-state index contributed by atoms with van der Waals surface area (Å²) in [5, 5.41) is 0. The largest absolute Gasteiger partial charge is 0.284 e. The molecule has 0 saturated carbocycles. The van der Waals surface area contributed by atoms with Gasteiger partial charge in [-0.1, -0.05) is 18.2 Å². The minimum atomic E-state index is -3.65. The average Bonchev–Trinajstić information content (AvgIpc) is 2.94. The van der Waals surface area contributed by atoms with E-state index in [4.69, 9.17) is 0 Å². The molecule has 0 atom stereocenters. The molecule has 6 nitrogen and oxygen atoms in total. The molecule has 1 aliphatic heterocycles. The van der Waals surface area contributed by atoms with Crippen molar-refractivity contribution in [1.29, 1.82) is 0 Å². The summed E-state index contributed by atoms with van der Waals surface area (Å²) >= 11 is 0. The summed E-state index contributed by atoms with van der Waals surface area (Å²) in [5.41, 5.74) is 1.18. The molecular formula is C17H19FN2O4S2. The number of aryl methyl sites for hydroxylation is 1. The van der Waals surface area contributed by atoms with Crippen molar-refractivity contribution in [1.82, 2.24) is 0 Å². The minimum absolute atomic E-state index is 0.0616. The third-order valence-electron chi connectivity index (χ3n) is 4.13. The molecule has 1 N–H and O–H groups in total. The topological polar surface area (TPSA) is 83.6 Å². The normalized spacial score (nSPS) is 16.6. The summed E-state index contributed by atoms with van der Waals surface area (Å²) in [5.74, 6) is -0.563. The molecule has 0 spiro atoms. The van der Waals surface area contributed by atoms with Gasteiger partial charge in [0.15, 0.2) is 0 Å². The van der Waals surface area contributed by atoms with E-state index in [1.54, 1.807) is 30.3 Å². The van der Waals surface area contributed by atoms with Crippen LogP contribution < -0.4 is 9.03 Å². The second kappa shape index (κ2) is 7.24. The van der Waals surface area contributed by atoms with Crippen molar-refractivity contribution in [2.24, 2.45) is 0 Å². The molecule has 0 aromatic heterocycles. The van der Waals surface area contributed by atoms with Crippen LogP contribution in [-0.2, 0) is 26.5 Å². The van der Waals surface area contributed by atoms with Crippen LogP contribution in [0.4, 0.5) is 15.8 Å². The Morgan fingerprint density at radius 1 is 1.08 bits per heavy atom. The molecule has 0 bridgehead atoms. The molecule has 1 aliphatic rings. The maximum Gasteiger partial charge on any atom is 0.235 e. The molecule has 2 aromatic carbocycles. The van der Waals surface area contributed by atoms with Gasteiger partial charge in [-0.3, -0.25) is 9.03 Å². The van der Waals surface area contributed by atoms with E-state index < -0.39 is 25.9 Å². The lowest BCUT2D eigenvalue weighted by molar-refractivity contribution is 0.594. The molecule has 0 radical (unpaired) electrons. The monoisotopic (exact) mass is 398 g/mol. The standard InChI is InChI=1S/C17H19FN2O4S2/c18-17-5-2-1-4-14(17)10-13-25(21,22)19-15-6-8-16(9-7-15)20-11-3-12-26(20,23)24/h1-2,4-9,19H,3,10-13H2. The molecule has 1 saturated heterocycles. The third-order valence-corrected chi connectivity index (χ3v) is 7.28. The van der Waals surface area contributed by atoms with E-state index in [9.17, 15) is 21.2 Å². The van der Waals surface area contributed by atoms with Gasteiger partial charge in [0.1, 0.15) is 5.82 Å². The SMILES string of the molecule is O=S(=O)(CCc1ccccc1F)Nc1ccc(N2CCCS2(=O)=O)cc1. The highest BCUT2D eigenvalue weighted by Crippen LogP contribution is 2.25. The van der Waals surface area contributed by atoms with Crippen molar-refractivity contribution in [3.8, 4) is 0 Å². The van der Waals surface area contributed by atoms with E-state index in [0.717, 1.165) is 0 Å². The van der Waals surface area contributed by atoms with Gasteiger partial charge in [0.2, 0.25) is 20.0 Å². The van der Waals surface area contributed by atoms with Gasteiger partial charge in [0, 0.05) is 12.2 Å². The van der Waals surface area contributed by atoms with Gasteiger partial charge in [0.25, 0.3) is 0 Å². The van der Waals surface area contributed by atoms with Crippen molar-refractivity contribution < 1.29 is 21.2 Å². The molecule has 0 amide bonds. The van der Waals surface area contributed by atoms with Crippen molar-refractivity contribution >= 4 is 31.4 Å². The predicted octanol–water partition coefficient (Wildman–Crippen LogP) is 2.35. The van der Waals surface area contributed by atoms with Gasteiger partial charge < -0.3 is 0 Å². The summed E-state index contributed by atoms with van der Waals surface area (Å²) in [6.07, 6.45) is 0.638. The molecule has 9 heteroatoms. The average molecular weight is 398 g/mol. The molecule has 26 heavy (non-hydrogen) atoms. The van der Waals surface area contributed by atoms with Crippen molar-refractivity contribution in [3.63, 3.8) is 0 Å². The number of hydrogen-bond donors (Lipinski definition) is 1. The van der Waals surface area contributed by atoms with E-state index >= 15 is 0 Å². The zero-order valence-electron chi connectivity index (χ0n) is 13.9. The Balaban J connectivity index is 1.65. The summed E-state index contributed by atoms with van der Waals surface area (Å²) in [7, 11) is -6.93. The Bertz CT molecular complexity index is 990. The molecule has 0 unspecified atom stereocenters. The van der Waals surface area contributed by atoms with E-state index in [1.165, 1.54) is 22.5 Å². The van der Waals surface area contributed by atoms with Gasteiger partial charge in [-0.2, -0.15) is 0 Å². The zero-order chi connectivity index (χ0) is 18.8. The number of sulfonamides is 2. The molecule has 1 fully saturated rings. The summed E-state index contributed by atoms with van der Waals surface area (Å²) in [6.45, 7) is 0.427. The summed E-state index contributed by atoms with van der Waals surface area (Å²) < 4.78 is 65.5. The van der Waals surface area contributed by atoms with E-state index in [1.807, 2.05) is 0 Å². The Morgan fingerprint density at radius 3 is 2.38 bits per heavy atom. The van der Waals surface area contributed by atoms with Gasteiger partial charge in [-0.05, 0) is 48.7 Å². The maximum absolute atomic E-state index is 13.6. The van der Waals surface area contributed by atoms with E-state index in [2.05, 4.69) is 4.72 Å². The fraction of sp³-hybridized carbons (Fsp3) is 0.294. The van der Waals surface area contributed by atoms with Crippen molar-refractivity contribution in [2.75, 3.05) is 27.1 Å². The first-order valence-electron chi connectivity index (χ1n) is 8.11. The van der Waals surface area contributed by atoms with Crippen molar-refractivity contribution in [3.05, 3.63) is 59.9 Å². The first-order chi connectivity index (χ1) is 12.3. The fourth-order valence-electron chi connectivity index (χ4n) is 2.80. The molecule has 3 rings (SSSR count). The van der Waals surface area contributed by atoms with Gasteiger partial charge in [-0.15, -0.1) is 0 Å². The van der Waals surface area contributed by atoms with Crippen LogP contribution in [0.15, 0.2) is 48.5 Å². The Kier molecular flexibility index (Phi) is 5.19. The lowest BCUT2D eigenvalue weighted by atomic mass is 10.2. The van der Waals surface area contributed by atoms with Crippen LogP contribution in [0.2, 0.25) is 0 Å². The van der Waals surface area contributed by atoms with Crippen LogP contribution in [0.1, 0.15) is 12.0 Å². The van der Waals surface area contributed by atoms with Crippen LogP contribution in [-0.4, -0.2) is 34.9 Å². The zero-order valence-corrected chi connectivity index (χ0v) is 15.6. The number of anilines is 2. The van der Waals surface area contributed by atoms with E-state index in [-0.39, 0.29) is 17.9 Å². The van der Waals surface area contributed by atoms with Crippen LogP contribution in [0.5, 0.6) is 0 Å². The number of nitrogens with one attached hydrogen (secondary N) is 1. The molecular weight excluding hydrogens is 379 g/mol. The van der Waals surface area contributed by atoms with Crippen LogP contribution in [0, 0.1) is 5.82 Å². The number of nitrogens with zero attached hydrogens (tertiary/aromatic N) is 1. The van der Waals surface area contributed by atoms with Crippen LogP contribution in [0.3, 0.4) is 0 Å². The first kappa shape index (κ1) is 18.7. The van der Waals surface area contributed by atoms with E-state index in [0.29, 0.717) is 29.9 Å². The van der Waals surface area contributed by atoms with Gasteiger partial charge in [0.05, 0.1) is 17.2 Å². The predicted molar refractivity (Wildman–Crippen MR) is 99.7 cm³/mol. The highest BCUT2D eigenvalue weighted by molar-refractivity contribution is 7.93. The van der Waals surface area contributed by atoms with Crippen molar-refractivity contribution in [2.45, 2.75) is 12.8 Å². The summed E-state index contributed by atoms with van der Waals surface area (Å²) in [4.78, 5) is 0. The second-order valence-electron chi connectivity index (χ2n) is 6.05. The number of benzene rings is 2. The highest BCUT2D eigenvalue weighted by Gasteiger charge is 2.28. The number of halogens is 1. The smallest absolute Gasteiger partial charge is 0.235 e. The molecule has 0 aliphatic carbocycles. The summed E-state index contributed by atoms with van der Waals surface area (Å²) in [6, 6.07) is 12.2. The fourth-order valence-corrected chi connectivity index (χ4v) is 5.45. The quantitative estimate of drug-likeness (QED) is 0.810. The molecule has 2 aromatic rings. The molecule has 140 valence electrons. The molecule has 1 heterocycles. The lowest BCUT2D eigenvalue weighted by Crippen LogP contribution is -2.25. The Labute approximate surface area is 152 Å². The van der Waals surface area contributed by atoms with Gasteiger partial charge in [-0.25, -0.2) is 21.2 Å². The Morgan fingerprint density at radius 2 is 1.77 bits per heavy atom. The Hall–Kier alpha value is -2.13. The maximum atomic E-state index is 13.6. The highest BCUT2D eigenvalue weighted by atomic mass is 32.2. The number of rotatable bonds is 6. The first-order valence-corrected chi connectivity index (χ1v) is 11.4. The van der Waals surface area contributed by atoms with Gasteiger partial charge >= 0.3 is 0 Å². The second-order valence-corrected chi connectivity index (χ2v) is 9.91. The van der Waals surface area contributed by atoms with Crippen LogP contribution >= 0.6 is 0 Å². The third kappa shape index (κ3) is 4.34. The minimum Gasteiger partial charge on any atom is -0.284 e. The number of hydrogen-bond acceptors (Lipinski definition) is 4.